The summed E-state index contributed by atoms with van der Waals surface area (Å²) in [7, 11) is 0. The molecule has 0 unspecified atom stereocenters. The lowest BCUT2D eigenvalue weighted by molar-refractivity contribution is 0.0787. The molecule has 4 nitrogen and oxygen atoms in total. The van der Waals surface area contributed by atoms with Crippen molar-refractivity contribution in [3.05, 3.63) is 30.1 Å². The normalized spacial score (nSPS) is 15.1. The van der Waals surface area contributed by atoms with Crippen LogP contribution in [-0.2, 0) is 6.54 Å². The monoisotopic (exact) mass is 224 g/mol. The maximum atomic E-state index is 9.37. The van der Waals surface area contributed by atoms with E-state index in [1.165, 1.54) is 0 Å². The number of hydrogen-bond acceptors (Lipinski definition) is 4. The van der Waals surface area contributed by atoms with Gasteiger partial charge in [-0.1, -0.05) is 6.07 Å². The van der Waals surface area contributed by atoms with E-state index in [9.17, 15) is 10.2 Å². The SMILES string of the molecule is C[C@@H](O)CN(Cc1ccccn1)C[C@@H](C)O. The van der Waals surface area contributed by atoms with E-state index in [0.717, 1.165) is 5.69 Å². The number of aliphatic hydroxyl groups is 2. The highest BCUT2D eigenvalue weighted by Crippen LogP contribution is 2.03. The van der Waals surface area contributed by atoms with Crippen LogP contribution >= 0.6 is 0 Å². The third-order valence-electron chi connectivity index (χ3n) is 2.16. The van der Waals surface area contributed by atoms with Crippen LogP contribution in [0.2, 0.25) is 0 Å². The van der Waals surface area contributed by atoms with Crippen LogP contribution in [0.3, 0.4) is 0 Å². The number of pyridine rings is 1. The molecule has 1 heterocycles. The summed E-state index contributed by atoms with van der Waals surface area (Å²) in [5.74, 6) is 0. The molecule has 0 radical (unpaired) electrons. The molecule has 4 heteroatoms. The topological polar surface area (TPSA) is 56.6 Å². The highest BCUT2D eigenvalue weighted by Gasteiger charge is 2.11. The first-order valence-electron chi connectivity index (χ1n) is 5.56. The quantitative estimate of drug-likeness (QED) is 0.744. The molecule has 1 rings (SSSR count). The molecular weight excluding hydrogens is 204 g/mol. The molecule has 2 N–H and O–H groups in total. The maximum absolute atomic E-state index is 9.37. The van der Waals surface area contributed by atoms with Crippen molar-refractivity contribution < 1.29 is 10.2 Å². The Hall–Kier alpha value is -0.970. The average molecular weight is 224 g/mol. The molecule has 2 atom stereocenters. The van der Waals surface area contributed by atoms with Gasteiger partial charge in [-0.05, 0) is 26.0 Å². The Morgan fingerprint density at radius 3 is 2.25 bits per heavy atom. The average Bonchev–Trinajstić information content (AvgIpc) is 2.16. The van der Waals surface area contributed by atoms with Gasteiger partial charge in [-0.25, -0.2) is 0 Å². The van der Waals surface area contributed by atoms with E-state index >= 15 is 0 Å². The summed E-state index contributed by atoms with van der Waals surface area (Å²) < 4.78 is 0. The molecule has 1 aromatic rings. The van der Waals surface area contributed by atoms with Gasteiger partial charge in [0.25, 0.3) is 0 Å². The van der Waals surface area contributed by atoms with E-state index in [1.807, 2.05) is 23.1 Å². The van der Waals surface area contributed by atoms with Gasteiger partial charge in [-0.2, -0.15) is 0 Å². The maximum Gasteiger partial charge on any atom is 0.0639 e. The molecule has 0 aromatic carbocycles. The van der Waals surface area contributed by atoms with E-state index in [1.54, 1.807) is 20.0 Å². The lowest BCUT2D eigenvalue weighted by Gasteiger charge is -2.24. The summed E-state index contributed by atoms with van der Waals surface area (Å²) in [4.78, 5) is 6.23. The molecule has 0 aliphatic heterocycles. The number of aromatic nitrogens is 1. The summed E-state index contributed by atoms with van der Waals surface area (Å²) in [6.45, 7) is 5.22. The van der Waals surface area contributed by atoms with Crippen molar-refractivity contribution in [3.63, 3.8) is 0 Å². The molecule has 0 bridgehead atoms. The van der Waals surface area contributed by atoms with Gasteiger partial charge in [0.15, 0.2) is 0 Å². The second-order valence-electron chi connectivity index (χ2n) is 4.21. The molecule has 0 fully saturated rings. The Kier molecular flexibility index (Phi) is 5.38. The summed E-state index contributed by atoms with van der Waals surface area (Å²) in [6.07, 6.45) is 0.947. The standard InChI is InChI=1S/C12H20N2O2/c1-10(15)7-14(8-11(2)16)9-12-5-3-4-6-13-12/h3-6,10-11,15-16H,7-9H2,1-2H3/t10-,11-/m1/s1. The second-order valence-corrected chi connectivity index (χ2v) is 4.21. The van der Waals surface area contributed by atoms with Crippen molar-refractivity contribution in [2.45, 2.75) is 32.6 Å². The predicted octanol–water partition coefficient (Wildman–Crippen LogP) is 0.645. The highest BCUT2D eigenvalue weighted by atomic mass is 16.3. The van der Waals surface area contributed by atoms with Crippen molar-refractivity contribution in [2.24, 2.45) is 0 Å². The number of rotatable bonds is 6. The highest BCUT2D eigenvalue weighted by molar-refractivity contribution is 5.03. The number of aliphatic hydroxyl groups excluding tert-OH is 2. The molecular formula is C12H20N2O2. The van der Waals surface area contributed by atoms with Crippen LogP contribution in [0.5, 0.6) is 0 Å². The van der Waals surface area contributed by atoms with E-state index in [2.05, 4.69) is 4.98 Å². The van der Waals surface area contributed by atoms with Gasteiger partial charge in [-0.15, -0.1) is 0 Å². The molecule has 0 saturated heterocycles. The lowest BCUT2D eigenvalue weighted by atomic mass is 10.2. The molecule has 0 amide bonds. The summed E-state index contributed by atoms with van der Waals surface area (Å²) in [5, 5.41) is 18.7. The third kappa shape index (κ3) is 5.21. The molecule has 90 valence electrons. The zero-order valence-corrected chi connectivity index (χ0v) is 9.87. The van der Waals surface area contributed by atoms with Crippen molar-refractivity contribution in [2.75, 3.05) is 13.1 Å². The van der Waals surface area contributed by atoms with Crippen molar-refractivity contribution >= 4 is 0 Å². The summed E-state index contributed by atoms with van der Waals surface area (Å²) >= 11 is 0. The Bertz CT molecular complexity index is 278. The van der Waals surface area contributed by atoms with Crippen LogP contribution in [0.25, 0.3) is 0 Å². The van der Waals surface area contributed by atoms with Gasteiger partial charge in [0, 0.05) is 25.8 Å². The minimum absolute atomic E-state index is 0.400. The molecule has 0 saturated carbocycles. The van der Waals surface area contributed by atoms with Crippen LogP contribution in [0.1, 0.15) is 19.5 Å². The first kappa shape index (κ1) is 13.1. The largest absolute Gasteiger partial charge is 0.392 e. The van der Waals surface area contributed by atoms with Gasteiger partial charge < -0.3 is 10.2 Å². The van der Waals surface area contributed by atoms with Gasteiger partial charge in [0.2, 0.25) is 0 Å². The first-order chi connectivity index (χ1) is 7.58. The zero-order valence-electron chi connectivity index (χ0n) is 9.87. The number of hydrogen-bond donors (Lipinski definition) is 2. The Labute approximate surface area is 96.6 Å². The predicted molar refractivity (Wildman–Crippen MR) is 62.9 cm³/mol. The van der Waals surface area contributed by atoms with Crippen LogP contribution in [0.4, 0.5) is 0 Å². The minimum atomic E-state index is -0.400. The Balaban J connectivity index is 2.56. The van der Waals surface area contributed by atoms with E-state index in [4.69, 9.17) is 0 Å². The minimum Gasteiger partial charge on any atom is -0.392 e. The zero-order chi connectivity index (χ0) is 12.0. The molecule has 0 aliphatic rings. The van der Waals surface area contributed by atoms with Gasteiger partial charge in [0.05, 0.1) is 17.9 Å². The van der Waals surface area contributed by atoms with Gasteiger partial charge >= 0.3 is 0 Å². The van der Waals surface area contributed by atoms with Crippen LogP contribution in [-0.4, -0.2) is 45.4 Å². The fraction of sp³-hybridized carbons (Fsp3) is 0.583. The lowest BCUT2D eigenvalue weighted by Crippen LogP contribution is -2.36. The number of nitrogens with zero attached hydrogens (tertiary/aromatic N) is 2. The van der Waals surface area contributed by atoms with Crippen LogP contribution in [0.15, 0.2) is 24.4 Å². The Morgan fingerprint density at radius 1 is 1.19 bits per heavy atom. The molecule has 0 spiro atoms. The first-order valence-corrected chi connectivity index (χ1v) is 5.56. The fourth-order valence-corrected chi connectivity index (χ4v) is 1.67. The van der Waals surface area contributed by atoms with Crippen LogP contribution in [0, 0.1) is 0 Å². The van der Waals surface area contributed by atoms with Gasteiger partial charge in [0.1, 0.15) is 0 Å². The molecule has 16 heavy (non-hydrogen) atoms. The Morgan fingerprint density at radius 2 is 1.81 bits per heavy atom. The van der Waals surface area contributed by atoms with Crippen molar-refractivity contribution in [1.29, 1.82) is 0 Å². The van der Waals surface area contributed by atoms with Crippen molar-refractivity contribution in [3.8, 4) is 0 Å². The third-order valence-corrected chi connectivity index (χ3v) is 2.16. The van der Waals surface area contributed by atoms with E-state index < -0.39 is 12.2 Å². The fourth-order valence-electron chi connectivity index (χ4n) is 1.67. The smallest absolute Gasteiger partial charge is 0.0639 e. The summed E-state index contributed by atoms with van der Waals surface area (Å²) in [5.41, 5.74) is 0.948. The second kappa shape index (κ2) is 6.58. The van der Waals surface area contributed by atoms with Gasteiger partial charge in [-0.3, -0.25) is 9.88 Å². The van der Waals surface area contributed by atoms with Crippen LogP contribution < -0.4 is 0 Å². The van der Waals surface area contributed by atoms with E-state index in [-0.39, 0.29) is 0 Å². The van der Waals surface area contributed by atoms with Crippen molar-refractivity contribution in [1.82, 2.24) is 9.88 Å². The van der Waals surface area contributed by atoms with E-state index in [0.29, 0.717) is 19.6 Å². The summed E-state index contributed by atoms with van der Waals surface area (Å²) in [6, 6.07) is 5.75. The molecule has 1 aromatic heterocycles. The molecule has 0 aliphatic carbocycles.